The Hall–Kier alpha value is -2.12. The van der Waals surface area contributed by atoms with Gasteiger partial charge in [-0.15, -0.1) is 0 Å². The largest absolute Gasteiger partial charge is 0.463 e. The number of dihydropyridines is 1. The van der Waals surface area contributed by atoms with E-state index in [-0.39, 0.29) is 13.2 Å². The fourth-order valence-electron chi connectivity index (χ4n) is 3.29. The monoisotopic (exact) mass is 450 g/mol. The quantitative estimate of drug-likeness (QED) is 0.642. The molecule has 2 rings (SSSR count). The molecule has 0 fully saturated rings. The van der Waals surface area contributed by atoms with Crippen molar-refractivity contribution in [1.29, 1.82) is 0 Å². The van der Waals surface area contributed by atoms with Gasteiger partial charge in [0.25, 0.3) is 0 Å². The number of likely N-dealkylation sites (N-methyl/N-ethyl adjacent to an activating group) is 1. The molecule has 1 atom stereocenters. The minimum atomic E-state index is -0.593. The van der Waals surface area contributed by atoms with Crippen molar-refractivity contribution in [3.05, 3.63) is 56.8 Å². The second-order valence-corrected chi connectivity index (χ2v) is 7.54. The number of carbonyl (C=O) groups is 2. The van der Waals surface area contributed by atoms with Gasteiger partial charge in [0, 0.05) is 22.4 Å². The third-order valence-electron chi connectivity index (χ3n) is 4.33. The number of hydrogen-bond acceptors (Lipinski definition) is 6. The maximum atomic E-state index is 13.0. The van der Waals surface area contributed by atoms with E-state index in [4.69, 9.17) is 9.47 Å². The molecule has 1 aliphatic rings. The van der Waals surface area contributed by atoms with Gasteiger partial charge in [-0.1, -0.05) is 34.1 Å². The zero-order valence-electron chi connectivity index (χ0n) is 17.0. The number of nitrogens with zero attached hydrogens (tertiary/aromatic N) is 1. The van der Waals surface area contributed by atoms with Gasteiger partial charge < -0.3 is 19.7 Å². The topological polar surface area (TPSA) is 67.9 Å². The number of benzene rings is 1. The van der Waals surface area contributed by atoms with Crippen LogP contribution in [0.15, 0.2) is 51.3 Å². The Morgan fingerprint density at radius 3 is 2.18 bits per heavy atom. The summed E-state index contributed by atoms with van der Waals surface area (Å²) in [5, 5.41) is 3.25. The van der Waals surface area contributed by atoms with Gasteiger partial charge in [-0.25, -0.2) is 9.59 Å². The number of rotatable bonds is 7. The summed E-state index contributed by atoms with van der Waals surface area (Å²) in [5.74, 6) is -1.48. The summed E-state index contributed by atoms with van der Waals surface area (Å²) in [5.41, 5.74) is 3.04. The first-order valence-electron chi connectivity index (χ1n) is 9.25. The van der Waals surface area contributed by atoms with Crippen LogP contribution in [0, 0.1) is 0 Å². The van der Waals surface area contributed by atoms with Gasteiger partial charge in [0.1, 0.15) is 0 Å². The number of carbonyl (C=O) groups excluding carboxylic acids is 2. The lowest BCUT2D eigenvalue weighted by Crippen LogP contribution is -2.36. The van der Waals surface area contributed by atoms with Crippen molar-refractivity contribution in [2.75, 3.05) is 33.9 Å². The van der Waals surface area contributed by atoms with Crippen molar-refractivity contribution in [1.82, 2.24) is 10.2 Å². The molecule has 0 saturated carbocycles. The molecule has 0 aromatic heterocycles. The summed E-state index contributed by atoms with van der Waals surface area (Å²) >= 11 is 3.57. The minimum Gasteiger partial charge on any atom is -0.463 e. The Balaban J connectivity index is 2.74. The number of hydrogen-bond donors (Lipinski definition) is 1. The van der Waals surface area contributed by atoms with Crippen LogP contribution in [0.25, 0.3) is 0 Å². The molecular formula is C21H27BrN2O4. The zero-order valence-corrected chi connectivity index (χ0v) is 18.6. The van der Waals surface area contributed by atoms with Crippen LogP contribution in [0.2, 0.25) is 0 Å². The molecule has 1 N–H and O–H groups in total. The fraction of sp³-hybridized carbons (Fsp3) is 0.429. The lowest BCUT2D eigenvalue weighted by atomic mass is 9.80. The summed E-state index contributed by atoms with van der Waals surface area (Å²) in [4.78, 5) is 27.8. The molecule has 0 aliphatic carbocycles. The van der Waals surface area contributed by atoms with Crippen LogP contribution in [-0.2, 0) is 19.1 Å². The van der Waals surface area contributed by atoms with Crippen molar-refractivity contribution in [2.45, 2.75) is 26.7 Å². The molecule has 152 valence electrons. The molecule has 0 radical (unpaired) electrons. The summed E-state index contributed by atoms with van der Waals surface area (Å²) in [6.07, 6.45) is 0. The first-order chi connectivity index (χ1) is 13.3. The highest BCUT2D eigenvalue weighted by Crippen LogP contribution is 2.42. The smallest absolute Gasteiger partial charge is 0.336 e. The molecule has 28 heavy (non-hydrogen) atoms. The van der Waals surface area contributed by atoms with Crippen molar-refractivity contribution in [3.8, 4) is 0 Å². The first kappa shape index (κ1) is 22.2. The number of esters is 2. The number of allylic oxidation sites excluding steroid dienone is 1. The Kier molecular flexibility index (Phi) is 7.83. The Morgan fingerprint density at radius 2 is 1.64 bits per heavy atom. The van der Waals surface area contributed by atoms with E-state index in [1.165, 1.54) is 0 Å². The predicted molar refractivity (Wildman–Crippen MR) is 112 cm³/mol. The number of halogens is 1. The third-order valence-corrected chi connectivity index (χ3v) is 5.05. The Bertz CT molecular complexity index is 814. The van der Waals surface area contributed by atoms with Crippen LogP contribution in [-0.4, -0.2) is 50.7 Å². The van der Waals surface area contributed by atoms with E-state index >= 15 is 0 Å². The van der Waals surface area contributed by atoms with Crippen molar-refractivity contribution in [2.24, 2.45) is 0 Å². The highest BCUT2D eigenvalue weighted by molar-refractivity contribution is 9.10. The van der Waals surface area contributed by atoms with E-state index < -0.39 is 17.9 Å². The van der Waals surface area contributed by atoms with Crippen molar-refractivity contribution in [3.63, 3.8) is 0 Å². The van der Waals surface area contributed by atoms with Gasteiger partial charge in [0.05, 0.1) is 30.3 Å². The van der Waals surface area contributed by atoms with Gasteiger partial charge in [0.15, 0.2) is 0 Å². The van der Waals surface area contributed by atoms with Crippen molar-refractivity contribution < 1.29 is 19.1 Å². The summed E-state index contributed by atoms with van der Waals surface area (Å²) in [6, 6.07) is 7.57. The van der Waals surface area contributed by atoms with Gasteiger partial charge >= 0.3 is 11.9 Å². The lowest BCUT2D eigenvalue weighted by molar-refractivity contribution is -0.139. The standard InChI is InChI=1S/C21H27BrN2O4/c1-6-27-20(25)17-13(3)23-16(12-24(4)5)19(21(26)28-7-2)18(17)14-10-8-9-11-15(14)22/h8-11,18,23H,6-7,12H2,1-5H3. The van der Waals surface area contributed by atoms with E-state index in [9.17, 15) is 9.59 Å². The Morgan fingerprint density at radius 1 is 1.07 bits per heavy atom. The normalized spacial score (nSPS) is 16.9. The van der Waals surface area contributed by atoms with Crippen LogP contribution < -0.4 is 5.32 Å². The maximum absolute atomic E-state index is 13.0. The van der Waals surface area contributed by atoms with Gasteiger partial charge in [-0.3, -0.25) is 0 Å². The van der Waals surface area contributed by atoms with Crippen LogP contribution in [0.1, 0.15) is 32.3 Å². The minimum absolute atomic E-state index is 0.248. The SMILES string of the molecule is CCOC(=O)C1=C(C)NC(CN(C)C)=C(C(=O)OCC)C1c1ccccc1Br. The second-order valence-electron chi connectivity index (χ2n) is 6.69. The summed E-state index contributed by atoms with van der Waals surface area (Å²) < 4.78 is 11.5. The van der Waals surface area contributed by atoms with Crippen molar-refractivity contribution >= 4 is 27.9 Å². The fourth-order valence-corrected chi connectivity index (χ4v) is 3.80. The molecular weight excluding hydrogens is 424 g/mol. The molecule has 1 aromatic rings. The average molecular weight is 451 g/mol. The van der Waals surface area contributed by atoms with Gasteiger partial charge in [-0.05, 0) is 46.5 Å². The molecule has 0 saturated heterocycles. The summed E-state index contributed by atoms with van der Waals surface area (Å²) in [7, 11) is 3.84. The Labute approximate surface area is 174 Å². The van der Waals surface area contributed by atoms with E-state index in [1.807, 2.05) is 50.2 Å². The average Bonchev–Trinajstić information content (AvgIpc) is 2.61. The van der Waals surface area contributed by atoms with Gasteiger partial charge in [-0.2, -0.15) is 0 Å². The van der Waals surface area contributed by atoms with E-state index in [0.29, 0.717) is 23.4 Å². The van der Waals surface area contributed by atoms with Gasteiger partial charge in [0.2, 0.25) is 0 Å². The van der Waals surface area contributed by atoms with E-state index in [0.717, 1.165) is 15.7 Å². The third kappa shape index (κ3) is 4.83. The second kappa shape index (κ2) is 9.89. The highest BCUT2D eigenvalue weighted by atomic mass is 79.9. The lowest BCUT2D eigenvalue weighted by Gasteiger charge is -2.32. The molecule has 7 heteroatoms. The molecule has 1 aromatic carbocycles. The van der Waals surface area contributed by atoms with Crippen LogP contribution >= 0.6 is 15.9 Å². The van der Waals surface area contributed by atoms with Crippen LogP contribution in [0.4, 0.5) is 0 Å². The molecule has 1 heterocycles. The molecule has 0 amide bonds. The predicted octanol–water partition coefficient (Wildman–Crippen LogP) is 3.35. The van der Waals surface area contributed by atoms with E-state index in [2.05, 4.69) is 21.2 Å². The molecule has 1 aliphatic heterocycles. The summed E-state index contributed by atoms with van der Waals surface area (Å²) in [6.45, 7) is 6.35. The van der Waals surface area contributed by atoms with Crippen LogP contribution in [0.5, 0.6) is 0 Å². The molecule has 0 spiro atoms. The molecule has 6 nitrogen and oxygen atoms in total. The van der Waals surface area contributed by atoms with E-state index in [1.54, 1.807) is 13.8 Å². The zero-order chi connectivity index (χ0) is 20.8. The molecule has 0 bridgehead atoms. The number of nitrogens with one attached hydrogen (secondary N) is 1. The highest BCUT2D eigenvalue weighted by Gasteiger charge is 2.39. The first-order valence-corrected chi connectivity index (χ1v) is 10.0. The maximum Gasteiger partial charge on any atom is 0.336 e. The van der Waals surface area contributed by atoms with Crippen LogP contribution in [0.3, 0.4) is 0 Å². The molecule has 1 unspecified atom stereocenters. The number of ether oxygens (including phenoxy) is 2.